The average Bonchev–Trinajstić information content (AvgIpc) is 2.94. The summed E-state index contributed by atoms with van der Waals surface area (Å²) in [6.45, 7) is 1.08. The van der Waals surface area contributed by atoms with Gasteiger partial charge in [0.05, 0.1) is 12.0 Å². The number of nitrogens with zero attached hydrogens (tertiary/aromatic N) is 1. The summed E-state index contributed by atoms with van der Waals surface area (Å²) in [5.74, 6) is -1.12. The first kappa shape index (κ1) is 28.3. The lowest BCUT2D eigenvalue weighted by Crippen LogP contribution is -2.66. The molecule has 3 amide bonds. The molecular weight excluding hydrogens is 542 g/mol. The van der Waals surface area contributed by atoms with Crippen LogP contribution in [0.3, 0.4) is 0 Å². The number of rotatable bonds is 7. The molecule has 2 aliphatic rings. The zero-order valence-electron chi connectivity index (χ0n) is 22.0. The minimum atomic E-state index is -4.87. The highest BCUT2D eigenvalue weighted by atomic mass is 19.4. The fourth-order valence-electron chi connectivity index (χ4n) is 5.59. The molecule has 3 aromatic carbocycles. The Hall–Kier alpha value is -4.28. The van der Waals surface area contributed by atoms with Crippen LogP contribution in [0.4, 0.5) is 22.4 Å². The number of ether oxygens (including phenoxy) is 2. The molecule has 0 saturated carbocycles. The number of alkyl halides is 3. The van der Waals surface area contributed by atoms with Crippen molar-refractivity contribution < 1.29 is 36.6 Å². The summed E-state index contributed by atoms with van der Waals surface area (Å²) in [6, 6.07) is 19.1. The number of piperidine rings is 1. The summed E-state index contributed by atoms with van der Waals surface area (Å²) in [5, 5.41) is 5.88. The summed E-state index contributed by atoms with van der Waals surface area (Å²) in [4.78, 5) is 27.2. The molecule has 0 radical (unpaired) electrons. The van der Waals surface area contributed by atoms with Gasteiger partial charge < -0.3 is 25.0 Å². The quantitative estimate of drug-likeness (QED) is 0.377. The smallest absolute Gasteiger partial charge is 0.489 e. The minimum Gasteiger partial charge on any atom is -0.489 e. The normalized spacial score (nSPS) is 18.4. The number of carbonyl (C=O) groups is 2. The SMILES string of the molecule is O=C1NC[C@@H](c2ccc(F)cc2OCc2ccccc2)C2(CCN(C(=O)Cc3ccccc3OC(F)(F)F)CC2)N1. The van der Waals surface area contributed by atoms with Gasteiger partial charge in [0.15, 0.2) is 0 Å². The predicted octanol–water partition coefficient (Wildman–Crippen LogP) is 5.30. The van der Waals surface area contributed by atoms with Crippen LogP contribution in [0.15, 0.2) is 72.8 Å². The van der Waals surface area contributed by atoms with Crippen LogP contribution in [0.1, 0.15) is 35.4 Å². The second-order valence-electron chi connectivity index (χ2n) is 10.2. The maximum atomic E-state index is 14.3. The van der Waals surface area contributed by atoms with E-state index in [1.807, 2.05) is 30.3 Å². The van der Waals surface area contributed by atoms with E-state index in [-0.39, 0.29) is 56.1 Å². The molecule has 7 nitrogen and oxygen atoms in total. The summed E-state index contributed by atoms with van der Waals surface area (Å²) < 4.78 is 62.9. The number of carbonyl (C=O) groups excluding carboxylic acids is 2. The number of likely N-dealkylation sites (tertiary alicyclic amines) is 1. The summed E-state index contributed by atoms with van der Waals surface area (Å²) in [5.41, 5.74) is 1.04. The van der Waals surface area contributed by atoms with E-state index in [9.17, 15) is 27.2 Å². The summed E-state index contributed by atoms with van der Waals surface area (Å²) in [7, 11) is 0. The number of urea groups is 1. The standard InChI is InChI=1S/C30H29F4N3O4/c31-22-10-11-23(26(17-22)40-19-20-6-2-1-3-7-20)24-18-35-28(39)36-29(24)12-14-37(15-13-29)27(38)16-21-8-4-5-9-25(21)41-30(32,33)34/h1-11,17,24H,12-16,18-19H2,(H2,35,36,39)/t24-/m0/s1. The van der Waals surface area contributed by atoms with E-state index in [1.165, 1.54) is 30.3 Å². The maximum Gasteiger partial charge on any atom is 0.573 e. The van der Waals surface area contributed by atoms with Gasteiger partial charge in [-0.1, -0.05) is 54.6 Å². The Labute approximate surface area is 234 Å². The number of para-hydroxylation sites is 1. The molecule has 11 heteroatoms. The van der Waals surface area contributed by atoms with Crippen LogP contribution in [0.25, 0.3) is 0 Å². The molecule has 5 rings (SSSR count). The van der Waals surface area contributed by atoms with Crippen molar-refractivity contribution in [1.82, 2.24) is 15.5 Å². The highest BCUT2D eigenvalue weighted by Crippen LogP contribution is 2.42. The van der Waals surface area contributed by atoms with Crippen LogP contribution >= 0.6 is 0 Å². The monoisotopic (exact) mass is 571 g/mol. The molecule has 3 aromatic rings. The predicted molar refractivity (Wildman–Crippen MR) is 142 cm³/mol. The van der Waals surface area contributed by atoms with Crippen molar-refractivity contribution in [2.75, 3.05) is 19.6 Å². The lowest BCUT2D eigenvalue weighted by Gasteiger charge is -2.49. The molecule has 2 saturated heterocycles. The van der Waals surface area contributed by atoms with Gasteiger partial charge >= 0.3 is 12.4 Å². The first-order valence-electron chi connectivity index (χ1n) is 13.3. The van der Waals surface area contributed by atoms with Crippen LogP contribution in [-0.4, -0.2) is 48.4 Å². The summed E-state index contributed by atoms with van der Waals surface area (Å²) in [6.07, 6.45) is -4.34. The molecule has 0 unspecified atom stereocenters. The van der Waals surface area contributed by atoms with E-state index >= 15 is 0 Å². The van der Waals surface area contributed by atoms with Gasteiger partial charge in [-0.3, -0.25) is 4.79 Å². The number of benzene rings is 3. The van der Waals surface area contributed by atoms with Gasteiger partial charge in [-0.25, -0.2) is 9.18 Å². The third-order valence-electron chi connectivity index (χ3n) is 7.63. The number of nitrogens with one attached hydrogen (secondary N) is 2. The van der Waals surface area contributed by atoms with Crippen molar-refractivity contribution in [3.63, 3.8) is 0 Å². The zero-order valence-corrected chi connectivity index (χ0v) is 22.0. The Morgan fingerprint density at radius 2 is 1.68 bits per heavy atom. The molecule has 1 spiro atoms. The number of halogens is 4. The molecule has 0 aromatic heterocycles. The van der Waals surface area contributed by atoms with Crippen molar-refractivity contribution in [3.8, 4) is 11.5 Å². The second-order valence-corrected chi connectivity index (χ2v) is 10.2. The Bertz CT molecular complexity index is 1390. The maximum absolute atomic E-state index is 14.3. The number of amides is 3. The molecule has 0 aliphatic carbocycles. The van der Waals surface area contributed by atoms with Crippen LogP contribution < -0.4 is 20.1 Å². The van der Waals surface area contributed by atoms with Gasteiger partial charge in [-0.15, -0.1) is 13.2 Å². The van der Waals surface area contributed by atoms with E-state index < -0.39 is 23.5 Å². The van der Waals surface area contributed by atoms with E-state index in [2.05, 4.69) is 15.4 Å². The van der Waals surface area contributed by atoms with Crippen molar-refractivity contribution in [3.05, 3.63) is 95.3 Å². The Kier molecular flexibility index (Phi) is 8.05. The Morgan fingerprint density at radius 1 is 0.976 bits per heavy atom. The van der Waals surface area contributed by atoms with E-state index in [0.717, 1.165) is 11.1 Å². The molecule has 1 atom stereocenters. The van der Waals surface area contributed by atoms with Crippen LogP contribution in [0.2, 0.25) is 0 Å². The number of hydrogen-bond donors (Lipinski definition) is 2. The van der Waals surface area contributed by atoms with Crippen LogP contribution in [0, 0.1) is 5.82 Å². The molecule has 2 fully saturated rings. The highest BCUT2D eigenvalue weighted by Gasteiger charge is 2.47. The van der Waals surface area contributed by atoms with Gasteiger partial charge in [0.25, 0.3) is 0 Å². The third-order valence-corrected chi connectivity index (χ3v) is 7.63. The van der Waals surface area contributed by atoms with Gasteiger partial charge in [0.2, 0.25) is 5.91 Å². The van der Waals surface area contributed by atoms with Gasteiger partial charge in [-0.2, -0.15) is 0 Å². The fourth-order valence-corrected chi connectivity index (χ4v) is 5.59. The van der Waals surface area contributed by atoms with Gasteiger partial charge in [-0.05, 0) is 30.5 Å². The van der Waals surface area contributed by atoms with Gasteiger partial charge in [0, 0.05) is 42.7 Å². The second kappa shape index (κ2) is 11.7. The van der Waals surface area contributed by atoms with Crippen molar-refractivity contribution in [1.29, 1.82) is 0 Å². The lowest BCUT2D eigenvalue weighted by atomic mass is 9.71. The molecule has 41 heavy (non-hydrogen) atoms. The van der Waals surface area contributed by atoms with E-state index in [1.54, 1.807) is 17.0 Å². The largest absolute Gasteiger partial charge is 0.573 e. The highest BCUT2D eigenvalue weighted by molar-refractivity contribution is 5.80. The average molecular weight is 572 g/mol. The molecule has 2 N–H and O–H groups in total. The van der Waals surface area contributed by atoms with Gasteiger partial charge in [0.1, 0.15) is 23.9 Å². The van der Waals surface area contributed by atoms with Crippen molar-refractivity contribution in [2.24, 2.45) is 0 Å². The van der Waals surface area contributed by atoms with Crippen LogP contribution in [-0.2, 0) is 17.8 Å². The first-order valence-corrected chi connectivity index (χ1v) is 13.3. The third kappa shape index (κ3) is 6.72. The topological polar surface area (TPSA) is 79.9 Å². The molecule has 216 valence electrons. The van der Waals surface area contributed by atoms with Crippen LogP contribution in [0.5, 0.6) is 11.5 Å². The number of hydrogen-bond acceptors (Lipinski definition) is 4. The minimum absolute atomic E-state index is 0.134. The molecule has 2 heterocycles. The molecule has 2 aliphatic heterocycles. The lowest BCUT2D eigenvalue weighted by molar-refractivity contribution is -0.274. The fraction of sp³-hybridized carbons (Fsp3) is 0.333. The van der Waals surface area contributed by atoms with E-state index in [0.29, 0.717) is 18.6 Å². The first-order chi connectivity index (χ1) is 19.6. The summed E-state index contributed by atoms with van der Waals surface area (Å²) >= 11 is 0. The molecular formula is C30H29F4N3O4. The Balaban J connectivity index is 1.32. The zero-order chi connectivity index (χ0) is 29.0. The van der Waals surface area contributed by atoms with E-state index in [4.69, 9.17) is 4.74 Å². The van der Waals surface area contributed by atoms with Crippen molar-refractivity contribution >= 4 is 11.9 Å². The van der Waals surface area contributed by atoms with Crippen molar-refractivity contribution in [2.45, 2.75) is 43.7 Å². The Morgan fingerprint density at radius 3 is 2.41 bits per heavy atom. The molecule has 0 bridgehead atoms.